The Bertz CT molecular complexity index is 639. The molecule has 4 rings (SSSR count). The molecule has 7 nitrogen and oxygen atoms in total. The van der Waals surface area contributed by atoms with E-state index in [4.69, 9.17) is 0 Å². The molecule has 3 aliphatic heterocycles. The van der Waals surface area contributed by atoms with Gasteiger partial charge >= 0.3 is 0 Å². The molecular weight excluding hydrogens is 340 g/mol. The minimum Gasteiger partial charge on any atom is -0.373 e. The summed E-state index contributed by atoms with van der Waals surface area (Å²) in [4.78, 5) is 28.8. The van der Waals surface area contributed by atoms with Crippen LogP contribution in [0.5, 0.6) is 0 Å². The molecule has 1 unspecified atom stereocenters. The summed E-state index contributed by atoms with van der Waals surface area (Å²) >= 11 is 0. The Labute approximate surface area is 162 Å². The molecule has 3 aliphatic rings. The molecule has 3 saturated heterocycles. The topological polar surface area (TPSA) is 64.6 Å². The SMILES string of the molecule is CNc1ccnc(N2CCC(N3CCCC(C(=O)N4CCCC4)C3)CC2)n1. The van der Waals surface area contributed by atoms with Crippen molar-refractivity contribution in [3.05, 3.63) is 12.3 Å². The second-order valence-electron chi connectivity index (χ2n) is 8.08. The summed E-state index contributed by atoms with van der Waals surface area (Å²) in [5.41, 5.74) is 0. The van der Waals surface area contributed by atoms with E-state index in [1.807, 2.05) is 19.3 Å². The highest BCUT2D eigenvalue weighted by Crippen LogP contribution is 2.27. The Kier molecular flexibility index (Phi) is 5.76. The molecule has 1 aromatic rings. The fourth-order valence-corrected chi connectivity index (χ4v) is 4.81. The number of hydrogen-bond acceptors (Lipinski definition) is 6. The van der Waals surface area contributed by atoms with Gasteiger partial charge in [-0.25, -0.2) is 4.98 Å². The summed E-state index contributed by atoms with van der Waals surface area (Å²) in [6.07, 6.45) is 8.64. The number of rotatable bonds is 4. The van der Waals surface area contributed by atoms with E-state index in [2.05, 4.69) is 30.0 Å². The zero-order chi connectivity index (χ0) is 18.6. The average molecular weight is 373 g/mol. The average Bonchev–Trinajstić information content (AvgIpc) is 3.28. The van der Waals surface area contributed by atoms with Crippen molar-refractivity contribution in [1.82, 2.24) is 19.8 Å². The lowest BCUT2D eigenvalue weighted by Gasteiger charge is -2.42. The molecule has 1 atom stereocenters. The van der Waals surface area contributed by atoms with Gasteiger partial charge in [-0.1, -0.05) is 0 Å². The van der Waals surface area contributed by atoms with E-state index in [0.29, 0.717) is 11.9 Å². The second-order valence-corrected chi connectivity index (χ2v) is 8.08. The lowest BCUT2D eigenvalue weighted by Crippen LogP contribution is -2.51. The fourth-order valence-electron chi connectivity index (χ4n) is 4.81. The molecule has 3 fully saturated rings. The molecule has 0 radical (unpaired) electrons. The molecule has 0 saturated carbocycles. The smallest absolute Gasteiger partial charge is 0.227 e. The van der Waals surface area contributed by atoms with Gasteiger partial charge in [0.25, 0.3) is 0 Å². The molecule has 4 heterocycles. The Balaban J connectivity index is 1.31. The quantitative estimate of drug-likeness (QED) is 0.870. The maximum Gasteiger partial charge on any atom is 0.227 e. The summed E-state index contributed by atoms with van der Waals surface area (Å²) in [7, 11) is 1.88. The van der Waals surface area contributed by atoms with E-state index < -0.39 is 0 Å². The van der Waals surface area contributed by atoms with E-state index in [0.717, 1.165) is 76.7 Å². The van der Waals surface area contributed by atoms with Gasteiger partial charge in [0, 0.05) is 52.0 Å². The van der Waals surface area contributed by atoms with Crippen molar-refractivity contribution >= 4 is 17.7 Å². The maximum absolute atomic E-state index is 12.8. The molecule has 0 spiro atoms. The molecular formula is C20H32N6O. The van der Waals surface area contributed by atoms with Crippen LogP contribution in [-0.4, -0.2) is 78.0 Å². The van der Waals surface area contributed by atoms with Crippen molar-refractivity contribution in [2.75, 3.05) is 56.5 Å². The number of hydrogen-bond donors (Lipinski definition) is 1. The third kappa shape index (κ3) is 4.18. The number of piperidine rings is 2. The third-order valence-corrected chi connectivity index (χ3v) is 6.38. The van der Waals surface area contributed by atoms with Crippen molar-refractivity contribution in [3.8, 4) is 0 Å². The normalized spacial score (nSPS) is 25.0. The van der Waals surface area contributed by atoms with Gasteiger partial charge in [0.2, 0.25) is 11.9 Å². The molecule has 1 N–H and O–H groups in total. The van der Waals surface area contributed by atoms with Crippen LogP contribution in [0.2, 0.25) is 0 Å². The Hall–Kier alpha value is -1.89. The fraction of sp³-hybridized carbons (Fsp3) is 0.750. The highest BCUT2D eigenvalue weighted by Gasteiger charge is 2.34. The van der Waals surface area contributed by atoms with Gasteiger partial charge in [0.1, 0.15) is 5.82 Å². The van der Waals surface area contributed by atoms with Gasteiger partial charge in [-0.15, -0.1) is 0 Å². The predicted octanol–water partition coefficient (Wildman–Crippen LogP) is 1.82. The molecule has 148 valence electrons. The van der Waals surface area contributed by atoms with E-state index in [1.165, 1.54) is 12.8 Å². The molecule has 1 aromatic heterocycles. The Morgan fingerprint density at radius 2 is 1.85 bits per heavy atom. The van der Waals surface area contributed by atoms with Crippen LogP contribution < -0.4 is 10.2 Å². The number of anilines is 2. The van der Waals surface area contributed by atoms with Crippen LogP contribution in [0.3, 0.4) is 0 Å². The summed E-state index contributed by atoms with van der Waals surface area (Å²) < 4.78 is 0. The second kappa shape index (κ2) is 8.42. The summed E-state index contributed by atoms with van der Waals surface area (Å²) in [6, 6.07) is 2.48. The van der Waals surface area contributed by atoms with Crippen LogP contribution >= 0.6 is 0 Å². The number of nitrogens with one attached hydrogen (secondary N) is 1. The molecule has 0 aromatic carbocycles. The first-order valence-electron chi connectivity index (χ1n) is 10.5. The number of carbonyl (C=O) groups is 1. The van der Waals surface area contributed by atoms with Crippen LogP contribution in [0.15, 0.2) is 12.3 Å². The van der Waals surface area contributed by atoms with Crippen molar-refractivity contribution in [2.24, 2.45) is 5.92 Å². The van der Waals surface area contributed by atoms with Gasteiger partial charge in [0.05, 0.1) is 5.92 Å². The summed E-state index contributed by atoms with van der Waals surface area (Å²) in [6.45, 7) is 6.00. The van der Waals surface area contributed by atoms with Crippen LogP contribution in [0.1, 0.15) is 38.5 Å². The minimum atomic E-state index is 0.213. The molecule has 0 bridgehead atoms. The molecule has 27 heavy (non-hydrogen) atoms. The van der Waals surface area contributed by atoms with Crippen molar-refractivity contribution in [3.63, 3.8) is 0 Å². The minimum absolute atomic E-state index is 0.213. The molecule has 7 heteroatoms. The van der Waals surface area contributed by atoms with Gasteiger partial charge in [-0.05, 0) is 51.1 Å². The zero-order valence-electron chi connectivity index (χ0n) is 16.4. The largest absolute Gasteiger partial charge is 0.373 e. The van der Waals surface area contributed by atoms with Crippen LogP contribution in [-0.2, 0) is 4.79 Å². The summed E-state index contributed by atoms with van der Waals surface area (Å²) in [5.74, 6) is 2.31. The number of carbonyl (C=O) groups excluding carboxylic acids is 1. The predicted molar refractivity (Wildman–Crippen MR) is 107 cm³/mol. The van der Waals surface area contributed by atoms with Gasteiger partial charge in [-0.3, -0.25) is 9.69 Å². The number of likely N-dealkylation sites (tertiary alicyclic amines) is 2. The third-order valence-electron chi connectivity index (χ3n) is 6.38. The number of aromatic nitrogens is 2. The summed E-state index contributed by atoms with van der Waals surface area (Å²) in [5, 5.41) is 3.08. The maximum atomic E-state index is 12.8. The van der Waals surface area contributed by atoms with Crippen LogP contribution in [0.4, 0.5) is 11.8 Å². The number of nitrogens with zero attached hydrogens (tertiary/aromatic N) is 5. The Morgan fingerprint density at radius 1 is 1.07 bits per heavy atom. The number of amides is 1. The van der Waals surface area contributed by atoms with E-state index in [9.17, 15) is 4.79 Å². The van der Waals surface area contributed by atoms with E-state index in [-0.39, 0.29) is 5.92 Å². The van der Waals surface area contributed by atoms with Gasteiger partial charge in [0.15, 0.2) is 0 Å². The van der Waals surface area contributed by atoms with Gasteiger partial charge < -0.3 is 15.1 Å². The highest BCUT2D eigenvalue weighted by atomic mass is 16.2. The van der Waals surface area contributed by atoms with Gasteiger partial charge in [-0.2, -0.15) is 4.98 Å². The first kappa shape index (κ1) is 18.5. The standard InChI is InChI=1S/C20H32N6O/c1-21-18-6-9-22-20(23-18)25-13-7-17(8-14-25)26-12-4-5-16(15-26)19(27)24-10-2-3-11-24/h6,9,16-17H,2-5,7-8,10-15H2,1H3,(H,21,22,23). The molecule has 0 aliphatic carbocycles. The highest BCUT2D eigenvalue weighted by molar-refractivity contribution is 5.79. The van der Waals surface area contributed by atoms with Crippen molar-refractivity contribution in [1.29, 1.82) is 0 Å². The van der Waals surface area contributed by atoms with Crippen LogP contribution in [0.25, 0.3) is 0 Å². The first-order valence-corrected chi connectivity index (χ1v) is 10.5. The lowest BCUT2D eigenvalue weighted by molar-refractivity contribution is -0.136. The first-order chi connectivity index (χ1) is 13.2. The van der Waals surface area contributed by atoms with Crippen molar-refractivity contribution < 1.29 is 4.79 Å². The lowest BCUT2D eigenvalue weighted by atomic mass is 9.93. The molecule has 1 amide bonds. The van der Waals surface area contributed by atoms with Crippen LogP contribution in [0, 0.1) is 5.92 Å². The van der Waals surface area contributed by atoms with Crippen molar-refractivity contribution in [2.45, 2.75) is 44.6 Å². The van der Waals surface area contributed by atoms with E-state index >= 15 is 0 Å². The monoisotopic (exact) mass is 372 g/mol. The zero-order valence-corrected chi connectivity index (χ0v) is 16.4. The van der Waals surface area contributed by atoms with E-state index in [1.54, 1.807) is 0 Å². The Morgan fingerprint density at radius 3 is 2.59 bits per heavy atom.